The molecule has 142 valence electrons. The Morgan fingerprint density at radius 1 is 1.11 bits per heavy atom. The number of fused-ring (bicyclic) bond motifs is 3. The molecule has 0 amide bonds. The second kappa shape index (κ2) is 5.96. The Kier molecular flexibility index (Phi) is 3.76. The van der Waals surface area contributed by atoms with Crippen LogP contribution in [0.25, 0.3) is 11.1 Å². The van der Waals surface area contributed by atoms with Crippen molar-refractivity contribution in [2.24, 2.45) is 0 Å². The van der Waals surface area contributed by atoms with E-state index in [4.69, 9.17) is 0 Å². The zero-order valence-corrected chi connectivity index (χ0v) is 14.7. The summed E-state index contributed by atoms with van der Waals surface area (Å²) < 4.78 is 54.1. The predicted molar refractivity (Wildman–Crippen MR) is 96.5 cm³/mol. The van der Waals surface area contributed by atoms with Crippen LogP contribution in [0.2, 0.25) is 0 Å². The summed E-state index contributed by atoms with van der Waals surface area (Å²) in [6, 6.07) is 7.21. The number of piperidine rings is 1. The van der Waals surface area contributed by atoms with E-state index >= 15 is 0 Å². The average molecular weight is 376 g/mol. The molecule has 0 unspecified atom stereocenters. The molecule has 2 aromatic rings. The van der Waals surface area contributed by atoms with Crippen molar-refractivity contribution < 1.29 is 17.6 Å². The lowest BCUT2D eigenvalue weighted by molar-refractivity contribution is -0.137. The summed E-state index contributed by atoms with van der Waals surface area (Å²) in [5.74, 6) is -0.559. The fraction of sp³-hybridized carbons (Fsp3) is 0.429. The largest absolute Gasteiger partial charge is 0.417 e. The Labute approximate surface area is 155 Å². The third-order valence-electron chi connectivity index (χ3n) is 6.19. The van der Waals surface area contributed by atoms with E-state index in [0.717, 1.165) is 56.1 Å². The van der Waals surface area contributed by atoms with E-state index in [1.165, 1.54) is 11.8 Å². The maximum Gasteiger partial charge on any atom is 0.417 e. The molecule has 0 saturated carbocycles. The van der Waals surface area contributed by atoms with Crippen LogP contribution in [0.15, 0.2) is 30.3 Å². The number of nitrogens with one attached hydrogen (secondary N) is 1. The highest BCUT2D eigenvalue weighted by atomic mass is 19.4. The Bertz CT molecular complexity index is 906. The monoisotopic (exact) mass is 376 g/mol. The molecule has 6 heteroatoms. The molecule has 0 aliphatic carbocycles. The van der Waals surface area contributed by atoms with Crippen molar-refractivity contribution in [1.82, 2.24) is 5.32 Å². The molecule has 1 N–H and O–H groups in total. The lowest BCUT2D eigenvalue weighted by Gasteiger charge is -2.36. The molecular formula is C21H20F4N2. The lowest BCUT2D eigenvalue weighted by Crippen LogP contribution is -2.45. The van der Waals surface area contributed by atoms with E-state index in [1.807, 2.05) is 12.1 Å². The van der Waals surface area contributed by atoms with Gasteiger partial charge in [-0.1, -0.05) is 6.07 Å². The van der Waals surface area contributed by atoms with Gasteiger partial charge in [-0.25, -0.2) is 4.39 Å². The number of nitrogens with zero attached hydrogens (tertiary/aromatic N) is 1. The number of aryl methyl sites for hydroxylation is 1. The van der Waals surface area contributed by atoms with Gasteiger partial charge in [-0.05, 0) is 72.3 Å². The van der Waals surface area contributed by atoms with Crippen molar-refractivity contribution in [3.63, 3.8) is 0 Å². The van der Waals surface area contributed by atoms with Gasteiger partial charge in [0.05, 0.1) is 5.56 Å². The Morgan fingerprint density at radius 3 is 2.78 bits per heavy atom. The van der Waals surface area contributed by atoms with Crippen LogP contribution < -0.4 is 10.2 Å². The molecule has 5 rings (SSSR count). The normalized spacial score (nSPS) is 23.9. The summed E-state index contributed by atoms with van der Waals surface area (Å²) in [6.45, 7) is 2.85. The first kappa shape index (κ1) is 17.0. The first-order valence-electron chi connectivity index (χ1n) is 9.45. The highest BCUT2D eigenvalue weighted by molar-refractivity contribution is 5.78. The van der Waals surface area contributed by atoms with Crippen LogP contribution in [-0.2, 0) is 12.6 Å². The zero-order valence-electron chi connectivity index (χ0n) is 14.7. The van der Waals surface area contributed by atoms with Crippen LogP contribution in [0, 0.1) is 5.82 Å². The highest BCUT2D eigenvalue weighted by Gasteiger charge is 2.42. The fourth-order valence-electron chi connectivity index (χ4n) is 5.12. The molecule has 2 atom stereocenters. The van der Waals surface area contributed by atoms with Gasteiger partial charge in [-0.15, -0.1) is 0 Å². The first-order valence-corrected chi connectivity index (χ1v) is 9.45. The Balaban J connectivity index is 1.70. The van der Waals surface area contributed by atoms with Crippen molar-refractivity contribution in [2.75, 3.05) is 24.5 Å². The molecule has 0 radical (unpaired) electrons. The van der Waals surface area contributed by atoms with Crippen molar-refractivity contribution in [3.05, 3.63) is 52.8 Å². The molecule has 1 saturated heterocycles. The van der Waals surface area contributed by atoms with Crippen molar-refractivity contribution in [2.45, 2.75) is 37.4 Å². The number of anilines is 1. The van der Waals surface area contributed by atoms with Crippen molar-refractivity contribution in [3.8, 4) is 11.1 Å². The molecule has 3 aliphatic heterocycles. The van der Waals surface area contributed by atoms with E-state index < -0.39 is 17.6 Å². The molecule has 2 nitrogen and oxygen atoms in total. The molecule has 3 aliphatic rings. The number of rotatable bonds is 1. The predicted octanol–water partition coefficient (Wildman–Crippen LogP) is 4.72. The van der Waals surface area contributed by atoms with E-state index in [0.29, 0.717) is 23.6 Å². The van der Waals surface area contributed by atoms with E-state index in [-0.39, 0.29) is 5.56 Å². The third-order valence-corrected chi connectivity index (χ3v) is 6.19. The number of alkyl halides is 3. The number of halogens is 4. The standard InChI is InChI=1S/C21H20F4N2/c22-14-3-4-15(18(10-14)21(23,24)25)13-8-12-2-1-7-27-19-5-6-26-11-17(19)16(9-13)20(12)27/h3-4,8-10,17,19,26H,1-2,5-7,11H2/t17-,19-/m0/s1. The summed E-state index contributed by atoms with van der Waals surface area (Å²) >= 11 is 0. The van der Waals surface area contributed by atoms with E-state index in [9.17, 15) is 17.6 Å². The lowest BCUT2D eigenvalue weighted by atomic mass is 9.86. The second-order valence-electron chi connectivity index (χ2n) is 7.72. The first-order chi connectivity index (χ1) is 12.9. The van der Waals surface area contributed by atoms with Crippen LogP contribution in [-0.4, -0.2) is 25.7 Å². The molecule has 27 heavy (non-hydrogen) atoms. The maximum absolute atomic E-state index is 13.5. The van der Waals surface area contributed by atoms with Crippen LogP contribution in [0.3, 0.4) is 0 Å². The fourth-order valence-corrected chi connectivity index (χ4v) is 5.12. The summed E-state index contributed by atoms with van der Waals surface area (Å²) in [6.07, 6.45) is -1.64. The maximum atomic E-state index is 13.5. The van der Waals surface area contributed by atoms with Gasteiger partial charge in [0.2, 0.25) is 0 Å². The molecule has 1 fully saturated rings. The van der Waals surface area contributed by atoms with Crippen LogP contribution in [0.4, 0.5) is 23.2 Å². The number of benzene rings is 2. The van der Waals surface area contributed by atoms with Gasteiger partial charge < -0.3 is 10.2 Å². The SMILES string of the molecule is Fc1ccc(-c2cc3c4c(c2)[C@@H]2CNCC[C@@H]2N4CCC3)c(C(F)(F)F)c1. The molecular weight excluding hydrogens is 356 g/mol. The third kappa shape index (κ3) is 2.64. The van der Waals surface area contributed by atoms with Crippen molar-refractivity contribution in [1.29, 1.82) is 0 Å². The summed E-state index contributed by atoms with van der Waals surface area (Å²) in [7, 11) is 0. The Hall–Kier alpha value is -2.08. The van der Waals surface area contributed by atoms with E-state index in [2.05, 4.69) is 10.2 Å². The van der Waals surface area contributed by atoms with Gasteiger partial charge in [-0.3, -0.25) is 0 Å². The molecule has 0 bridgehead atoms. The van der Waals surface area contributed by atoms with Crippen LogP contribution in [0.1, 0.15) is 35.4 Å². The summed E-state index contributed by atoms with van der Waals surface area (Å²) in [5, 5.41) is 3.43. The highest BCUT2D eigenvalue weighted by Crippen LogP contribution is 2.49. The van der Waals surface area contributed by atoms with Gasteiger partial charge in [-0.2, -0.15) is 13.2 Å². The molecule has 2 aromatic carbocycles. The van der Waals surface area contributed by atoms with E-state index in [1.54, 1.807) is 0 Å². The van der Waals surface area contributed by atoms with Gasteiger partial charge >= 0.3 is 6.18 Å². The van der Waals surface area contributed by atoms with Crippen LogP contribution >= 0.6 is 0 Å². The Morgan fingerprint density at radius 2 is 1.96 bits per heavy atom. The molecule has 3 heterocycles. The summed E-state index contributed by atoms with van der Waals surface area (Å²) in [5.41, 5.74) is 3.21. The van der Waals surface area contributed by atoms with Crippen LogP contribution in [0.5, 0.6) is 0 Å². The smallest absolute Gasteiger partial charge is 0.367 e. The number of hydrogen-bond donors (Lipinski definition) is 1. The van der Waals surface area contributed by atoms with Gasteiger partial charge in [0.25, 0.3) is 0 Å². The quantitative estimate of drug-likeness (QED) is 0.725. The minimum atomic E-state index is -4.59. The minimum absolute atomic E-state index is 0.0623. The number of hydrogen-bond acceptors (Lipinski definition) is 2. The zero-order chi connectivity index (χ0) is 18.8. The second-order valence-corrected chi connectivity index (χ2v) is 7.72. The topological polar surface area (TPSA) is 15.3 Å². The van der Waals surface area contributed by atoms with Crippen molar-refractivity contribution >= 4 is 5.69 Å². The van der Waals surface area contributed by atoms with Gasteiger partial charge in [0.15, 0.2) is 0 Å². The summed E-state index contributed by atoms with van der Waals surface area (Å²) in [4.78, 5) is 2.47. The molecule has 0 spiro atoms. The van der Waals surface area contributed by atoms with Gasteiger partial charge in [0.1, 0.15) is 5.82 Å². The average Bonchev–Trinajstić information content (AvgIpc) is 2.97. The molecule has 0 aromatic heterocycles. The minimum Gasteiger partial charge on any atom is -0.367 e. The van der Waals surface area contributed by atoms with Gasteiger partial charge in [0, 0.05) is 30.7 Å².